The van der Waals surface area contributed by atoms with Gasteiger partial charge in [-0.3, -0.25) is 9.97 Å². The molecule has 7 heteroatoms. The van der Waals surface area contributed by atoms with Gasteiger partial charge in [0.25, 0.3) is 0 Å². The summed E-state index contributed by atoms with van der Waals surface area (Å²) in [6.07, 6.45) is 4.53. The lowest BCUT2D eigenvalue weighted by Gasteiger charge is -2.16. The molecule has 0 saturated carbocycles. The Morgan fingerprint density at radius 1 is 1.24 bits per heavy atom. The van der Waals surface area contributed by atoms with Crippen molar-refractivity contribution in [2.45, 2.75) is 24.8 Å². The number of aromatic nitrogens is 2. The minimum atomic E-state index is -3.68. The Kier molecular flexibility index (Phi) is 4.87. The summed E-state index contributed by atoms with van der Waals surface area (Å²) in [7, 11) is -3.68. The SMILES string of the molecule is CCNc1ccncc1S(=O)(=O)NC(C)c1ccccn1. The second-order valence-electron chi connectivity index (χ2n) is 4.50. The van der Waals surface area contributed by atoms with Crippen LogP contribution in [0.15, 0.2) is 47.8 Å². The molecule has 0 saturated heterocycles. The lowest BCUT2D eigenvalue weighted by Crippen LogP contribution is -2.28. The monoisotopic (exact) mass is 306 g/mol. The molecule has 0 aliphatic heterocycles. The summed E-state index contributed by atoms with van der Waals surface area (Å²) in [4.78, 5) is 8.19. The van der Waals surface area contributed by atoms with E-state index in [1.54, 1.807) is 37.5 Å². The molecule has 2 N–H and O–H groups in total. The predicted molar refractivity (Wildman–Crippen MR) is 81.4 cm³/mol. The molecular weight excluding hydrogens is 288 g/mol. The highest BCUT2D eigenvalue weighted by Crippen LogP contribution is 2.21. The summed E-state index contributed by atoms with van der Waals surface area (Å²) >= 11 is 0. The van der Waals surface area contributed by atoms with E-state index in [0.717, 1.165) is 0 Å². The number of hydrogen-bond donors (Lipinski definition) is 2. The van der Waals surface area contributed by atoms with Gasteiger partial charge in [-0.15, -0.1) is 0 Å². The summed E-state index contributed by atoms with van der Waals surface area (Å²) in [6.45, 7) is 4.28. The highest BCUT2D eigenvalue weighted by atomic mass is 32.2. The van der Waals surface area contributed by atoms with E-state index in [1.807, 2.05) is 13.0 Å². The van der Waals surface area contributed by atoms with Crippen LogP contribution in [0.2, 0.25) is 0 Å². The van der Waals surface area contributed by atoms with E-state index in [0.29, 0.717) is 17.9 Å². The third kappa shape index (κ3) is 3.77. The van der Waals surface area contributed by atoms with E-state index in [-0.39, 0.29) is 4.90 Å². The number of pyridine rings is 2. The van der Waals surface area contributed by atoms with Gasteiger partial charge in [0.05, 0.1) is 17.4 Å². The summed E-state index contributed by atoms with van der Waals surface area (Å²) in [5, 5.41) is 3.02. The quantitative estimate of drug-likeness (QED) is 0.852. The van der Waals surface area contributed by atoms with Crippen molar-refractivity contribution in [2.24, 2.45) is 0 Å². The number of rotatable bonds is 6. The van der Waals surface area contributed by atoms with E-state index in [2.05, 4.69) is 20.0 Å². The topological polar surface area (TPSA) is 84.0 Å². The third-order valence-electron chi connectivity index (χ3n) is 2.90. The van der Waals surface area contributed by atoms with Gasteiger partial charge in [0.2, 0.25) is 10.0 Å². The van der Waals surface area contributed by atoms with Crippen molar-refractivity contribution in [1.29, 1.82) is 0 Å². The molecule has 0 spiro atoms. The fourth-order valence-electron chi connectivity index (χ4n) is 1.92. The molecule has 1 atom stereocenters. The largest absolute Gasteiger partial charge is 0.384 e. The van der Waals surface area contributed by atoms with Crippen LogP contribution in [0.5, 0.6) is 0 Å². The smallest absolute Gasteiger partial charge is 0.244 e. The van der Waals surface area contributed by atoms with Crippen molar-refractivity contribution in [1.82, 2.24) is 14.7 Å². The fourth-order valence-corrected chi connectivity index (χ4v) is 3.26. The first-order valence-electron chi connectivity index (χ1n) is 6.65. The molecule has 2 aromatic heterocycles. The molecule has 0 amide bonds. The number of sulfonamides is 1. The van der Waals surface area contributed by atoms with Crippen molar-refractivity contribution < 1.29 is 8.42 Å². The van der Waals surface area contributed by atoms with Crippen LogP contribution < -0.4 is 10.0 Å². The van der Waals surface area contributed by atoms with Crippen molar-refractivity contribution in [3.8, 4) is 0 Å². The molecule has 0 aliphatic rings. The number of anilines is 1. The van der Waals surface area contributed by atoms with Crippen molar-refractivity contribution >= 4 is 15.7 Å². The second kappa shape index (κ2) is 6.64. The number of nitrogens with zero attached hydrogens (tertiary/aromatic N) is 2. The molecule has 21 heavy (non-hydrogen) atoms. The van der Waals surface area contributed by atoms with Crippen molar-refractivity contribution in [3.05, 3.63) is 48.5 Å². The Morgan fingerprint density at radius 2 is 2.05 bits per heavy atom. The molecule has 0 radical (unpaired) electrons. The van der Waals surface area contributed by atoms with Gasteiger partial charge in [0.1, 0.15) is 4.90 Å². The minimum absolute atomic E-state index is 0.134. The molecule has 0 aliphatic carbocycles. The van der Waals surface area contributed by atoms with E-state index >= 15 is 0 Å². The van der Waals surface area contributed by atoms with E-state index in [9.17, 15) is 8.42 Å². The average Bonchev–Trinajstić information content (AvgIpc) is 2.48. The van der Waals surface area contributed by atoms with Crippen LogP contribution in [-0.4, -0.2) is 24.9 Å². The molecule has 1 unspecified atom stereocenters. The van der Waals surface area contributed by atoms with Gasteiger partial charge in [0, 0.05) is 25.1 Å². The first-order chi connectivity index (χ1) is 10.0. The first kappa shape index (κ1) is 15.4. The Morgan fingerprint density at radius 3 is 2.71 bits per heavy atom. The standard InChI is InChI=1S/C14H18N4O2S/c1-3-16-13-7-9-15-10-14(13)21(19,20)18-11(2)12-6-4-5-8-17-12/h4-11,18H,3H2,1-2H3,(H,15,16). The number of hydrogen-bond acceptors (Lipinski definition) is 5. The molecule has 0 fully saturated rings. The van der Waals surface area contributed by atoms with Crippen LogP contribution in [0.3, 0.4) is 0 Å². The number of nitrogens with one attached hydrogen (secondary N) is 2. The predicted octanol–water partition coefficient (Wildman–Crippen LogP) is 1.95. The molecule has 112 valence electrons. The van der Waals surface area contributed by atoms with Gasteiger partial charge in [-0.2, -0.15) is 0 Å². The van der Waals surface area contributed by atoms with E-state index in [4.69, 9.17) is 0 Å². The van der Waals surface area contributed by atoms with E-state index in [1.165, 1.54) is 6.20 Å². The van der Waals surface area contributed by atoms with Gasteiger partial charge >= 0.3 is 0 Å². The van der Waals surface area contributed by atoms with Gasteiger partial charge in [-0.05, 0) is 32.0 Å². The molecule has 0 aromatic carbocycles. The van der Waals surface area contributed by atoms with Crippen LogP contribution in [0.4, 0.5) is 5.69 Å². The highest BCUT2D eigenvalue weighted by molar-refractivity contribution is 7.89. The van der Waals surface area contributed by atoms with Crippen molar-refractivity contribution in [2.75, 3.05) is 11.9 Å². The Balaban J connectivity index is 2.27. The summed E-state index contributed by atoms with van der Waals surface area (Å²) < 4.78 is 27.6. The van der Waals surface area contributed by atoms with Crippen molar-refractivity contribution in [3.63, 3.8) is 0 Å². The normalized spacial score (nSPS) is 12.9. The molecule has 2 heterocycles. The summed E-state index contributed by atoms with van der Waals surface area (Å²) in [6, 6.07) is 6.60. The van der Waals surface area contributed by atoms with Crippen LogP contribution in [-0.2, 0) is 10.0 Å². The average molecular weight is 306 g/mol. The Bertz CT molecular complexity index is 689. The molecule has 6 nitrogen and oxygen atoms in total. The maximum absolute atomic E-state index is 12.5. The van der Waals surface area contributed by atoms with Crippen LogP contribution in [0.1, 0.15) is 25.6 Å². The van der Waals surface area contributed by atoms with Gasteiger partial charge in [-0.25, -0.2) is 13.1 Å². The van der Waals surface area contributed by atoms with E-state index < -0.39 is 16.1 Å². The minimum Gasteiger partial charge on any atom is -0.384 e. The van der Waals surface area contributed by atoms with Crippen LogP contribution >= 0.6 is 0 Å². The fraction of sp³-hybridized carbons (Fsp3) is 0.286. The van der Waals surface area contributed by atoms with Gasteiger partial charge in [-0.1, -0.05) is 6.07 Å². The lowest BCUT2D eigenvalue weighted by atomic mass is 10.2. The molecular formula is C14H18N4O2S. The second-order valence-corrected chi connectivity index (χ2v) is 6.18. The molecule has 2 aromatic rings. The maximum atomic E-state index is 12.5. The third-order valence-corrected chi connectivity index (χ3v) is 4.47. The highest BCUT2D eigenvalue weighted by Gasteiger charge is 2.22. The van der Waals surface area contributed by atoms with Crippen LogP contribution in [0, 0.1) is 0 Å². The zero-order valence-electron chi connectivity index (χ0n) is 11.9. The Labute approximate surface area is 124 Å². The first-order valence-corrected chi connectivity index (χ1v) is 8.14. The zero-order valence-corrected chi connectivity index (χ0v) is 12.8. The summed E-state index contributed by atoms with van der Waals surface area (Å²) in [5.41, 5.74) is 1.20. The summed E-state index contributed by atoms with van der Waals surface area (Å²) in [5.74, 6) is 0. The zero-order chi connectivity index (χ0) is 15.3. The van der Waals surface area contributed by atoms with Gasteiger partial charge < -0.3 is 5.32 Å². The Hall–Kier alpha value is -1.99. The van der Waals surface area contributed by atoms with Crippen LogP contribution in [0.25, 0.3) is 0 Å². The maximum Gasteiger partial charge on any atom is 0.244 e. The van der Waals surface area contributed by atoms with Gasteiger partial charge in [0.15, 0.2) is 0 Å². The molecule has 2 rings (SSSR count). The lowest BCUT2D eigenvalue weighted by molar-refractivity contribution is 0.564. The molecule has 0 bridgehead atoms.